The SMILES string of the molecule is CCCCCC[C@@H](C)NC(=O)N[C@H](C)Cc1ccc(O)cc1. The number of nitrogens with one attached hydrogen (secondary N) is 2. The van der Waals surface area contributed by atoms with Gasteiger partial charge in [0.1, 0.15) is 5.75 Å². The number of unbranched alkanes of at least 4 members (excludes halogenated alkanes) is 3. The Morgan fingerprint density at radius 2 is 1.68 bits per heavy atom. The smallest absolute Gasteiger partial charge is 0.315 e. The molecule has 0 aliphatic rings. The molecule has 0 saturated carbocycles. The van der Waals surface area contributed by atoms with Crippen LogP contribution in [0.4, 0.5) is 4.79 Å². The number of amides is 2. The molecule has 4 heteroatoms. The highest BCUT2D eigenvalue weighted by Gasteiger charge is 2.10. The number of carbonyl (C=O) groups is 1. The van der Waals surface area contributed by atoms with Crippen molar-refractivity contribution in [2.24, 2.45) is 0 Å². The summed E-state index contributed by atoms with van der Waals surface area (Å²) < 4.78 is 0. The van der Waals surface area contributed by atoms with E-state index in [4.69, 9.17) is 0 Å². The Labute approximate surface area is 134 Å². The molecule has 0 fully saturated rings. The normalized spacial score (nSPS) is 13.4. The second-order valence-electron chi connectivity index (χ2n) is 6.14. The molecule has 1 rings (SSSR count). The van der Waals surface area contributed by atoms with E-state index in [1.54, 1.807) is 12.1 Å². The molecule has 0 spiro atoms. The number of phenolic OH excluding ortho intramolecular Hbond substituents is 1. The van der Waals surface area contributed by atoms with Gasteiger partial charge in [-0.3, -0.25) is 0 Å². The minimum Gasteiger partial charge on any atom is -0.508 e. The van der Waals surface area contributed by atoms with Crippen LogP contribution in [0.2, 0.25) is 0 Å². The lowest BCUT2D eigenvalue weighted by molar-refractivity contribution is 0.233. The summed E-state index contributed by atoms with van der Waals surface area (Å²) in [6.45, 7) is 6.24. The zero-order valence-electron chi connectivity index (χ0n) is 14.1. The highest BCUT2D eigenvalue weighted by Crippen LogP contribution is 2.11. The van der Waals surface area contributed by atoms with E-state index in [-0.39, 0.29) is 23.9 Å². The zero-order chi connectivity index (χ0) is 16.4. The van der Waals surface area contributed by atoms with Gasteiger partial charge in [0.25, 0.3) is 0 Å². The summed E-state index contributed by atoms with van der Waals surface area (Å²) in [5.41, 5.74) is 1.10. The summed E-state index contributed by atoms with van der Waals surface area (Å²) in [6.07, 6.45) is 6.68. The summed E-state index contributed by atoms with van der Waals surface area (Å²) in [7, 11) is 0. The minimum atomic E-state index is -0.103. The molecule has 1 aromatic rings. The van der Waals surface area contributed by atoms with Crippen LogP contribution in [-0.2, 0) is 6.42 Å². The highest BCUT2D eigenvalue weighted by atomic mass is 16.3. The molecule has 0 aliphatic carbocycles. The molecule has 0 unspecified atom stereocenters. The number of carbonyl (C=O) groups excluding carboxylic acids is 1. The fraction of sp³-hybridized carbons (Fsp3) is 0.611. The van der Waals surface area contributed by atoms with Gasteiger partial charge in [0.15, 0.2) is 0 Å². The van der Waals surface area contributed by atoms with Crippen LogP contribution < -0.4 is 10.6 Å². The summed E-state index contributed by atoms with van der Waals surface area (Å²) >= 11 is 0. The molecule has 4 nitrogen and oxygen atoms in total. The lowest BCUT2D eigenvalue weighted by Gasteiger charge is -2.18. The monoisotopic (exact) mass is 306 g/mol. The highest BCUT2D eigenvalue weighted by molar-refractivity contribution is 5.74. The van der Waals surface area contributed by atoms with Crippen LogP contribution in [-0.4, -0.2) is 23.2 Å². The first-order valence-corrected chi connectivity index (χ1v) is 8.36. The first kappa shape index (κ1) is 18.3. The Bertz CT molecular complexity index is 431. The Morgan fingerprint density at radius 1 is 1.05 bits per heavy atom. The van der Waals surface area contributed by atoms with E-state index in [1.165, 1.54) is 25.7 Å². The molecule has 0 saturated heterocycles. The first-order chi connectivity index (χ1) is 10.5. The zero-order valence-corrected chi connectivity index (χ0v) is 14.1. The van der Waals surface area contributed by atoms with E-state index in [0.29, 0.717) is 0 Å². The van der Waals surface area contributed by atoms with E-state index < -0.39 is 0 Å². The van der Waals surface area contributed by atoms with Crippen molar-refractivity contribution in [2.75, 3.05) is 0 Å². The average molecular weight is 306 g/mol. The summed E-state index contributed by atoms with van der Waals surface area (Å²) in [5.74, 6) is 0.263. The van der Waals surface area contributed by atoms with E-state index in [9.17, 15) is 9.90 Å². The van der Waals surface area contributed by atoms with Crippen LogP contribution in [0.5, 0.6) is 5.75 Å². The fourth-order valence-corrected chi connectivity index (χ4v) is 2.48. The second kappa shape index (κ2) is 10.1. The van der Waals surface area contributed by atoms with Crippen LogP contribution in [0.3, 0.4) is 0 Å². The maximum Gasteiger partial charge on any atom is 0.315 e. The van der Waals surface area contributed by atoms with Crippen LogP contribution in [0.25, 0.3) is 0 Å². The maximum absolute atomic E-state index is 11.9. The number of benzene rings is 1. The van der Waals surface area contributed by atoms with E-state index in [1.807, 2.05) is 19.1 Å². The molecule has 0 aromatic heterocycles. The van der Waals surface area contributed by atoms with Crippen molar-refractivity contribution in [3.63, 3.8) is 0 Å². The average Bonchev–Trinajstić information content (AvgIpc) is 2.46. The predicted molar refractivity (Wildman–Crippen MR) is 91.2 cm³/mol. The van der Waals surface area contributed by atoms with Gasteiger partial charge < -0.3 is 15.7 Å². The molecule has 0 bridgehead atoms. The molecule has 124 valence electrons. The van der Waals surface area contributed by atoms with Crippen LogP contribution >= 0.6 is 0 Å². The van der Waals surface area contributed by atoms with Crippen molar-refractivity contribution in [2.45, 2.75) is 71.4 Å². The molecule has 0 aliphatic heterocycles. The van der Waals surface area contributed by atoms with Crippen LogP contribution in [0.1, 0.15) is 58.4 Å². The number of hydrogen-bond donors (Lipinski definition) is 3. The van der Waals surface area contributed by atoms with Gasteiger partial charge in [-0.1, -0.05) is 44.7 Å². The minimum absolute atomic E-state index is 0.0526. The molecule has 2 amide bonds. The Kier molecular flexibility index (Phi) is 8.41. The third kappa shape index (κ3) is 7.91. The van der Waals surface area contributed by atoms with Gasteiger partial charge in [0.05, 0.1) is 0 Å². The van der Waals surface area contributed by atoms with Crippen molar-refractivity contribution in [1.82, 2.24) is 10.6 Å². The molecule has 2 atom stereocenters. The second-order valence-corrected chi connectivity index (χ2v) is 6.14. The van der Waals surface area contributed by atoms with E-state index in [0.717, 1.165) is 18.4 Å². The molecule has 3 N–H and O–H groups in total. The molecule has 1 aromatic carbocycles. The molecular weight excluding hydrogens is 276 g/mol. The number of phenols is 1. The molecule has 0 radical (unpaired) electrons. The third-order valence-electron chi connectivity index (χ3n) is 3.72. The number of aromatic hydroxyl groups is 1. The Hall–Kier alpha value is -1.71. The Morgan fingerprint density at radius 3 is 2.32 bits per heavy atom. The van der Waals surface area contributed by atoms with Gasteiger partial charge in [-0.2, -0.15) is 0 Å². The Balaban J connectivity index is 2.24. The van der Waals surface area contributed by atoms with Crippen molar-refractivity contribution >= 4 is 6.03 Å². The molecule has 22 heavy (non-hydrogen) atoms. The van der Waals surface area contributed by atoms with Crippen molar-refractivity contribution in [1.29, 1.82) is 0 Å². The van der Waals surface area contributed by atoms with Crippen molar-refractivity contribution < 1.29 is 9.90 Å². The van der Waals surface area contributed by atoms with Gasteiger partial charge in [-0.05, 0) is 44.4 Å². The van der Waals surface area contributed by atoms with Crippen molar-refractivity contribution in [3.05, 3.63) is 29.8 Å². The lowest BCUT2D eigenvalue weighted by atomic mass is 10.1. The van der Waals surface area contributed by atoms with Gasteiger partial charge in [-0.15, -0.1) is 0 Å². The number of hydrogen-bond acceptors (Lipinski definition) is 2. The molecule has 0 heterocycles. The van der Waals surface area contributed by atoms with Gasteiger partial charge >= 0.3 is 6.03 Å². The predicted octanol–water partition coefficient (Wildman–Crippen LogP) is 3.98. The third-order valence-corrected chi connectivity index (χ3v) is 3.72. The van der Waals surface area contributed by atoms with Crippen LogP contribution in [0.15, 0.2) is 24.3 Å². The van der Waals surface area contributed by atoms with E-state index >= 15 is 0 Å². The van der Waals surface area contributed by atoms with E-state index in [2.05, 4.69) is 24.5 Å². The summed E-state index contributed by atoms with van der Waals surface area (Å²) in [6, 6.07) is 7.24. The van der Waals surface area contributed by atoms with Gasteiger partial charge in [0, 0.05) is 12.1 Å². The van der Waals surface area contributed by atoms with Gasteiger partial charge in [0.2, 0.25) is 0 Å². The maximum atomic E-state index is 11.9. The van der Waals surface area contributed by atoms with Crippen LogP contribution in [0, 0.1) is 0 Å². The summed E-state index contributed by atoms with van der Waals surface area (Å²) in [4.78, 5) is 11.9. The van der Waals surface area contributed by atoms with Gasteiger partial charge in [-0.25, -0.2) is 4.79 Å². The fourth-order valence-electron chi connectivity index (χ4n) is 2.48. The standard InChI is InChI=1S/C18H30N2O2/c1-4-5-6-7-8-14(2)19-18(22)20-15(3)13-16-9-11-17(21)12-10-16/h9-12,14-15,21H,4-8,13H2,1-3H3,(H2,19,20,22)/t14-,15-/m1/s1. The molecular formula is C18H30N2O2. The number of rotatable bonds is 9. The quantitative estimate of drug-likeness (QED) is 0.604. The summed E-state index contributed by atoms with van der Waals surface area (Å²) in [5, 5.41) is 15.2. The van der Waals surface area contributed by atoms with Crippen molar-refractivity contribution in [3.8, 4) is 5.75 Å². The lowest BCUT2D eigenvalue weighted by Crippen LogP contribution is -2.45. The topological polar surface area (TPSA) is 61.4 Å². The largest absolute Gasteiger partial charge is 0.508 e. The first-order valence-electron chi connectivity index (χ1n) is 8.36. The number of urea groups is 1.